The Morgan fingerprint density at radius 1 is 1.09 bits per heavy atom. The van der Waals surface area contributed by atoms with E-state index in [9.17, 15) is 17.2 Å². The molecule has 0 spiro atoms. The summed E-state index contributed by atoms with van der Waals surface area (Å²) >= 11 is 0. The normalized spacial score (nSPS) is 14.9. The minimum absolute atomic E-state index is 0.0160. The molecule has 3 aromatic carbocycles. The standard InChI is InChI=1S/C24H21F2NO4S/c1-2-4-15-7-10-17(11-8-15)23-19-13-16(14-32(27,28)29)9-12-18(19)22-20(30-23)5-3-6-21(22)31-24(25)26/h2-3,5-13,23-24H,1,4,14H2,(H2,27,28,29). The molecule has 32 heavy (non-hydrogen) atoms. The second kappa shape index (κ2) is 8.72. The molecule has 3 aromatic rings. The molecule has 1 aliphatic rings. The average Bonchev–Trinajstić information content (AvgIpc) is 2.72. The highest BCUT2D eigenvalue weighted by Crippen LogP contribution is 2.49. The zero-order valence-electron chi connectivity index (χ0n) is 17.0. The molecule has 5 nitrogen and oxygen atoms in total. The van der Waals surface area contributed by atoms with Crippen LogP contribution in [0, 0.1) is 0 Å². The Morgan fingerprint density at radius 3 is 2.47 bits per heavy atom. The maximum atomic E-state index is 13.0. The fourth-order valence-electron chi connectivity index (χ4n) is 3.88. The van der Waals surface area contributed by atoms with Crippen LogP contribution in [0.1, 0.15) is 28.4 Å². The van der Waals surface area contributed by atoms with Crippen LogP contribution in [-0.4, -0.2) is 15.0 Å². The van der Waals surface area contributed by atoms with E-state index in [0.717, 1.165) is 17.5 Å². The van der Waals surface area contributed by atoms with Crippen LogP contribution in [0.5, 0.6) is 11.5 Å². The van der Waals surface area contributed by atoms with Gasteiger partial charge in [-0.2, -0.15) is 8.78 Å². The van der Waals surface area contributed by atoms with E-state index < -0.39 is 22.7 Å². The van der Waals surface area contributed by atoms with Gasteiger partial charge in [-0.15, -0.1) is 6.58 Å². The number of fused-ring (bicyclic) bond motifs is 3. The van der Waals surface area contributed by atoms with Gasteiger partial charge in [-0.3, -0.25) is 0 Å². The van der Waals surface area contributed by atoms with Gasteiger partial charge in [-0.05, 0) is 40.8 Å². The number of primary sulfonamides is 1. The van der Waals surface area contributed by atoms with Gasteiger partial charge in [0.1, 0.15) is 17.6 Å². The Labute approximate surface area is 185 Å². The van der Waals surface area contributed by atoms with Crippen molar-refractivity contribution in [2.75, 3.05) is 0 Å². The Morgan fingerprint density at radius 2 is 1.81 bits per heavy atom. The van der Waals surface area contributed by atoms with Crippen molar-refractivity contribution in [2.45, 2.75) is 24.9 Å². The molecule has 0 radical (unpaired) electrons. The lowest BCUT2D eigenvalue weighted by molar-refractivity contribution is -0.0496. The topological polar surface area (TPSA) is 78.6 Å². The van der Waals surface area contributed by atoms with Crippen molar-refractivity contribution in [3.63, 3.8) is 0 Å². The van der Waals surface area contributed by atoms with Crippen LogP contribution in [0.25, 0.3) is 11.1 Å². The van der Waals surface area contributed by atoms with E-state index in [2.05, 4.69) is 6.58 Å². The van der Waals surface area contributed by atoms with E-state index in [0.29, 0.717) is 28.0 Å². The monoisotopic (exact) mass is 457 g/mol. The molecule has 0 saturated heterocycles. The van der Waals surface area contributed by atoms with Gasteiger partial charge in [0.25, 0.3) is 0 Å². The fraction of sp³-hybridized carbons (Fsp3) is 0.167. The summed E-state index contributed by atoms with van der Waals surface area (Å²) in [5, 5.41) is 5.22. The van der Waals surface area contributed by atoms with Crippen molar-refractivity contribution in [2.24, 2.45) is 5.14 Å². The summed E-state index contributed by atoms with van der Waals surface area (Å²) < 4.78 is 60.2. The molecule has 1 aliphatic heterocycles. The van der Waals surface area contributed by atoms with Gasteiger partial charge in [0, 0.05) is 5.56 Å². The first-order valence-corrected chi connectivity index (χ1v) is 11.5. The lowest BCUT2D eigenvalue weighted by Gasteiger charge is -2.30. The predicted molar refractivity (Wildman–Crippen MR) is 118 cm³/mol. The highest BCUT2D eigenvalue weighted by Gasteiger charge is 2.31. The van der Waals surface area contributed by atoms with E-state index in [1.54, 1.807) is 30.3 Å². The SMILES string of the molecule is C=CCc1ccc(C2Oc3cccc(OC(F)F)c3-c3ccc(CS(N)(=O)=O)cc32)cc1. The highest BCUT2D eigenvalue weighted by atomic mass is 32.2. The summed E-state index contributed by atoms with van der Waals surface area (Å²) in [6, 6.07) is 17.5. The van der Waals surface area contributed by atoms with Gasteiger partial charge in [0.2, 0.25) is 10.0 Å². The first-order valence-electron chi connectivity index (χ1n) is 9.83. The van der Waals surface area contributed by atoms with Crippen molar-refractivity contribution in [3.8, 4) is 22.6 Å². The van der Waals surface area contributed by atoms with Crippen LogP contribution in [0.4, 0.5) is 8.78 Å². The van der Waals surface area contributed by atoms with Gasteiger partial charge in [0.05, 0.1) is 11.3 Å². The molecule has 4 rings (SSSR count). The minimum Gasteiger partial charge on any atom is -0.480 e. The minimum atomic E-state index is -3.76. The van der Waals surface area contributed by atoms with Gasteiger partial charge < -0.3 is 9.47 Å². The summed E-state index contributed by atoms with van der Waals surface area (Å²) in [6.07, 6.45) is 1.96. The summed E-state index contributed by atoms with van der Waals surface area (Å²) in [5.74, 6) is 0.0283. The van der Waals surface area contributed by atoms with Crippen LogP contribution in [0.2, 0.25) is 0 Å². The van der Waals surface area contributed by atoms with Crippen LogP contribution in [0.15, 0.2) is 73.3 Å². The number of hydrogen-bond acceptors (Lipinski definition) is 4. The Bertz CT molecular complexity index is 1260. The first-order chi connectivity index (χ1) is 15.2. The molecular formula is C24H21F2NO4S. The second-order valence-electron chi connectivity index (χ2n) is 7.47. The molecule has 2 N–H and O–H groups in total. The van der Waals surface area contributed by atoms with Gasteiger partial charge in [-0.1, -0.05) is 54.6 Å². The Kier molecular flexibility index (Phi) is 5.99. The Balaban J connectivity index is 1.86. The molecule has 0 saturated carbocycles. The second-order valence-corrected chi connectivity index (χ2v) is 9.08. The number of ether oxygens (including phenoxy) is 2. The molecule has 1 unspecified atom stereocenters. The van der Waals surface area contributed by atoms with Gasteiger partial charge >= 0.3 is 6.61 Å². The van der Waals surface area contributed by atoms with E-state index in [4.69, 9.17) is 14.6 Å². The van der Waals surface area contributed by atoms with Crippen molar-refractivity contribution < 1.29 is 26.7 Å². The van der Waals surface area contributed by atoms with E-state index in [-0.39, 0.29) is 11.5 Å². The molecule has 1 atom stereocenters. The number of hydrogen-bond donors (Lipinski definition) is 1. The molecule has 166 valence electrons. The fourth-order valence-corrected chi connectivity index (χ4v) is 4.53. The van der Waals surface area contributed by atoms with Crippen molar-refractivity contribution in [1.29, 1.82) is 0 Å². The number of benzene rings is 3. The van der Waals surface area contributed by atoms with Gasteiger partial charge in [0.15, 0.2) is 0 Å². The molecular weight excluding hydrogens is 436 g/mol. The molecule has 0 fully saturated rings. The van der Waals surface area contributed by atoms with E-state index in [1.165, 1.54) is 6.07 Å². The molecule has 0 aliphatic carbocycles. The summed E-state index contributed by atoms with van der Waals surface area (Å²) in [7, 11) is -3.76. The smallest absolute Gasteiger partial charge is 0.387 e. The maximum absolute atomic E-state index is 13.0. The molecule has 8 heteroatoms. The van der Waals surface area contributed by atoms with Crippen LogP contribution in [0.3, 0.4) is 0 Å². The number of rotatable bonds is 7. The summed E-state index contributed by atoms with van der Waals surface area (Å²) in [5.41, 5.74) is 4.04. The van der Waals surface area contributed by atoms with Crippen molar-refractivity contribution in [1.82, 2.24) is 0 Å². The third-order valence-corrected chi connectivity index (χ3v) is 5.88. The summed E-state index contributed by atoms with van der Waals surface area (Å²) in [4.78, 5) is 0. The third kappa shape index (κ3) is 4.66. The van der Waals surface area contributed by atoms with Crippen molar-refractivity contribution in [3.05, 3.63) is 95.6 Å². The van der Waals surface area contributed by atoms with Crippen LogP contribution < -0.4 is 14.6 Å². The van der Waals surface area contributed by atoms with Crippen molar-refractivity contribution >= 4 is 10.0 Å². The third-order valence-electron chi connectivity index (χ3n) is 5.15. The number of nitrogens with two attached hydrogens (primary N) is 1. The molecule has 0 bridgehead atoms. The number of sulfonamides is 1. The zero-order chi connectivity index (χ0) is 22.9. The van der Waals surface area contributed by atoms with E-state index >= 15 is 0 Å². The van der Waals surface area contributed by atoms with Gasteiger partial charge in [-0.25, -0.2) is 13.6 Å². The Hall–Kier alpha value is -3.23. The number of halogens is 2. The lowest BCUT2D eigenvalue weighted by Crippen LogP contribution is -2.18. The summed E-state index contributed by atoms with van der Waals surface area (Å²) in [6.45, 7) is 0.743. The number of allylic oxidation sites excluding steroid dienone is 1. The molecule has 0 aromatic heterocycles. The molecule has 1 heterocycles. The largest absolute Gasteiger partial charge is 0.480 e. The number of alkyl halides is 2. The van der Waals surface area contributed by atoms with E-state index in [1.807, 2.05) is 30.3 Å². The predicted octanol–water partition coefficient (Wildman–Crippen LogP) is 4.95. The average molecular weight is 457 g/mol. The zero-order valence-corrected chi connectivity index (χ0v) is 17.8. The lowest BCUT2D eigenvalue weighted by atomic mass is 9.88. The first kappa shape index (κ1) is 22.0. The van der Waals surface area contributed by atoms with Crippen LogP contribution >= 0.6 is 0 Å². The van der Waals surface area contributed by atoms with Crippen LogP contribution in [-0.2, 0) is 22.2 Å². The highest BCUT2D eigenvalue weighted by molar-refractivity contribution is 7.88. The maximum Gasteiger partial charge on any atom is 0.387 e. The molecule has 0 amide bonds. The quantitative estimate of drug-likeness (QED) is 0.509.